The van der Waals surface area contributed by atoms with Gasteiger partial charge in [-0.3, -0.25) is 0 Å². The second kappa shape index (κ2) is 12.4. The van der Waals surface area contributed by atoms with Gasteiger partial charge in [-0.15, -0.1) is 0 Å². The Labute approximate surface area is 72.7 Å². The lowest BCUT2D eigenvalue weighted by molar-refractivity contribution is 0.527. The topological polar surface area (TPSA) is 0 Å². The number of rotatable bonds is 0. The third-order valence-corrected chi connectivity index (χ3v) is 1.53. The predicted molar refractivity (Wildman–Crippen MR) is 54.9 cm³/mol. The van der Waals surface area contributed by atoms with Crippen molar-refractivity contribution in [1.82, 2.24) is 0 Å². The molecule has 0 radical (unpaired) electrons. The van der Waals surface area contributed by atoms with Gasteiger partial charge in [0.25, 0.3) is 0 Å². The van der Waals surface area contributed by atoms with Crippen molar-refractivity contribution in [3.63, 3.8) is 0 Å². The molecule has 0 heterocycles. The van der Waals surface area contributed by atoms with E-state index in [-0.39, 0.29) is 0 Å². The summed E-state index contributed by atoms with van der Waals surface area (Å²) in [5.74, 6) is 0.949. The molecule has 11 heavy (non-hydrogen) atoms. The molecule has 1 aliphatic carbocycles. The summed E-state index contributed by atoms with van der Waals surface area (Å²) in [6.07, 6.45) is 8.58. The zero-order valence-corrected chi connectivity index (χ0v) is 8.85. The van der Waals surface area contributed by atoms with Gasteiger partial charge in [-0.2, -0.15) is 0 Å². The van der Waals surface area contributed by atoms with Crippen molar-refractivity contribution in [3.05, 3.63) is 12.2 Å². The van der Waals surface area contributed by atoms with Gasteiger partial charge in [-0.1, -0.05) is 46.8 Å². The predicted octanol–water partition coefficient (Wildman–Crippen LogP) is 4.42. The fourth-order valence-electron chi connectivity index (χ4n) is 0.945. The highest BCUT2D eigenvalue weighted by atomic mass is 14.1. The van der Waals surface area contributed by atoms with E-state index in [0.717, 1.165) is 5.92 Å². The molecule has 0 spiro atoms. The Kier molecular flexibility index (Phi) is 15.1. The van der Waals surface area contributed by atoms with E-state index in [1.165, 1.54) is 19.3 Å². The number of hydrogen-bond donors (Lipinski definition) is 0. The number of hydrogen-bond acceptors (Lipinski definition) is 0. The zero-order chi connectivity index (χ0) is 9.11. The highest BCUT2D eigenvalue weighted by Crippen LogP contribution is 2.15. The summed E-state index contributed by atoms with van der Waals surface area (Å²) in [6.45, 7) is 10.3. The van der Waals surface area contributed by atoms with Crippen LogP contribution in [0.25, 0.3) is 0 Å². The minimum Gasteiger partial charge on any atom is -0.0885 e. The van der Waals surface area contributed by atoms with Crippen molar-refractivity contribution in [1.29, 1.82) is 0 Å². The first-order valence-corrected chi connectivity index (χ1v) is 5.04. The van der Waals surface area contributed by atoms with Gasteiger partial charge in [0, 0.05) is 0 Å². The average molecular weight is 156 g/mol. The standard InChI is InChI=1S/C7H12.2C2H6/c1-7-5-3-2-4-6-7;2*1-2/h2-3,7H,4-6H2,1H3;2*1-2H3. The largest absolute Gasteiger partial charge is 0.0885 e. The van der Waals surface area contributed by atoms with Crippen LogP contribution in [0.15, 0.2) is 12.2 Å². The summed E-state index contributed by atoms with van der Waals surface area (Å²) in [5, 5.41) is 0. The summed E-state index contributed by atoms with van der Waals surface area (Å²) in [5.41, 5.74) is 0. The van der Waals surface area contributed by atoms with Crippen LogP contribution >= 0.6 is 0 Å². The molecule has 1 rings (SSSR count). The third kappa shape index (κ3) is 9.74. The molecule has 0 aromatic heterocycles. The molecule has 0 aromatic carbocycles. The molecule has 0 heteroatoms. The lowest BCUT2D eigenvalue weighted by atomic mass is 9.97. The lowest BCUT2D eigenvalue weighted by Gasteiger charge is -2.09. The Morgan fingerprint density at radius 2 is 1.55 bits per heavy atom. The molecule has 0 saturated carbocycles. The van der Waals surface area contributed by atoms with Crippen molar-refractivity contribution in [2.45, 2.75) is 53.9 Å². The van der Waals surface area contributed by atoms with E-state index in [1.54, 1.807) is 0 Å². The van der Waals surface area contributed by atoms with Crippen LogP contribution in [-0.4, -0.2) is 0 Å². The van der Waals surface area contributed by atoms with Gasteiger partial charge < -0.3 is 0 Å². The van der Waals surface area contributed by atoms with Crippen LogP contribution in [0.3, 0.4) is 0 Å². The maximum atomic E-state index is 2.31. The van der Waals surface area contributed by atoms with Crippen molar-refractivity contribution >= 4 is 0 Å². The van der Waals surface area contributed by atoms with E-state index in [4.69, 9.17) is 0 Å². The molecule has 0 bridgehead atoms. The van der Waals surface area contributed by atoms with Crippen LogP contribution in [0.2, 0.25) is 0 Å². The minimum absolute atomic E-state index is 0.949. The molecular formula is C11H24. The maximum absolute atomic E-state index is 2.31. The molecule has 1 unspecified atom stereocenters. The van der Waals surface area contributed by atoms with Gasteiger partial charge in [0.05, 0.1) is 0 Å². The van der Waals surface area contributed by atoms with Gasteiger partial charge in [0.2, 0.25) is 0 Å². The molecular weight excluding hydrogens is 132 g/mol. The Morgan fingerprint density at radius 1 is 1.00 bits per heavy atom. The molecule has 0 aromatic rings. The highest BCUT2D eigenvalue weighted by molar-refractivity contribution is 4.88. The summed E-state index contributed by atoms with van der Waals surface area (Å²) in [7, 11) is 0. The second-order valence-electron chi connectivity index (χ2n) is 2.39. The summed E-state index contributed by atoms with van der Waals surface area (Å²) in [4.78, 5) is 0. The van der Waals surface area contributed by atoms with Crippen LogP contribution in [0, 0.1) is 5.92 Å². The van der Waals surface area contributed by atoms with Crippen LogP contribution in [0.1, 0.15) is 53.9 Å². The van der Waals surface area contributed by atoms with Crippen LogP contribution in [0.5, 0.6) is 0 Å². The van der Waals surface area contributed by atoms with Gasteiger partial charge in [0.15, 0.2) is 0 Å². The zero-order valence-electron chi connectivity index (χ0n) is 8.85. The van der Waals surface area contributed by atoms with E-state index in [2.05, 4.69) is 19.1 Å². The van der Waals surface area contributed by atoms with Gasteiger partial charge in [0.1, 0.15) is 0 Å². The van der Waals surface area contributed by atoms with E-state index in [9.17, 15) is 0 Å². The Balaban J connectivity index is 0. The molecule has 0 nitrogen and oxygen atoms in total. The third-order valence-electron chi connectivity index (χ3n) is 1.53. The van der Waals surface area contributed by atoms with Crippen molar-refractivity contribution in [2.24, 2.45) is 5.92 Å². The SMILES string of the molecule is CC.CC.CC1CC=CCC1. The van der Waals surface area contributed by atoms with E-state index in [0.29, 0.717) is 0 Å². The quantitative estimate of drug-likeness (QED) is 0.456. The first-order valence-electron chi connectivity index (χ1n) is 5.04. The van der Waals surface area contributed by atoms with Crippen molar-refractivity contribution < 1.29 is 0 Å². The normalized spacial score (nSPS) is 20.6. The molecule has 1 aliphatic rings. The van der Waals surface area contributed by atoms with E-state index >= 15 is 0 Å². The van der Waals surface area contributed by atoms with Gasteiger partial charge >= 0.3 is 0 Å². The highest BCUT2D eigenvalue weighted by Gasteiger charge is 2.00. The van der Waals surface area contributed by atoms with E-state index < -0.39 is 0 Å². The van der Waals surface area contributed by atoms with Crippen molar-refractivity contribution in [2.75, 3.05) is 0 Å². The average Bonchev–Trinajstić information content (AvgIpc) is 2.13. The second-order valence-corrected chi connectivity index (χ2v) is 2.39. The summed E-state index contributed by atoms with van der Waals surface area (Å²) in [6, 6.07) is 0. The van der Waals surface area contributed by atoms with Gasteiger partial charge in [-0.25, -0.2) is 0 Å². The molecule has 0 amide bonds. The maximum Gasteiger partial charge on any atom is -0.0325 e. The fourth-order valence-corrected chi connectivity index (χ4v) is 0.945. The molecule has 0 fully saturated rings. The van der Waals surface area contributed by atoms with Crippen LogP contribution in [0.4, 0.5) is 0 Å². The Hall–Kier alpha value is -0.260. The molecule has 0 aliphatic heterocycles. The molecule has 1 atom stereocenters. The van der Waals surface area contributed by atoms with Crippen molar-refractivity contribution in [3.8, 4) is 0 Å². The molecule has 0 N–H and O–H groups in total. The van der Waals surface area contributed by atoms with Gasteiger partial charge in [-0.05, 0) is 25.2 Å². The van der Waals surface area contributed by atoms with Crippen LogP contribution < -0.4 is 0 Å². The Morgan fingerprint density at radius 3 is 1.73 bits per heavy atom. The monoisotopic (exact) mass is 156 g/mol. The lowest BCUT2D eigenvalue weighted by Crippen LogP contribution is -1.94. The minimum atomic E-state index is 0.949. The van der Waals surface area contributed by atoms with E-state index in [1.807, 2.05) is 27.7 Å². The van der Waals surface area contributed by atoms with Crippen LogP contribution in [-0.2, 0) is 0 Å². The summed E-state index contributed by atoms with van der Waals surface area (Å²) < 4.78 is 0. The molecule has 68 valence electrons. The number of allylic oxidation sites excluding steroid dienone is 2. The fraction of sp³-hybridized carbons (Fsp3) is 0.818. The Bertz CT molecular complexity index is 72.1. The first-order chi connectivity index (χ1) is 5.39. The summed E-state index contributed by atoms with van der Waals surface area (Å²) >= 11 is 0. The molecule has 0 saturated heterocycles. The first kappa shape index (κ1) is 13.3. The smallest absolute Gasteiger partial charge is 0.0325 e.